The van der Waals surface area contributed by atoms with Crippen LogP contribution in [0.3, 0.4) is 0 Å². The van der Waals surface area contributed by atoms with E-state index in [-0.39, 0.29) is 28.4 Å². The first-order chi connectivity index (χ1) is 32.5. The van der Waals surface area contributed by atoms with Crippen molar-refractivity contribution in [1.29, 1.82) is 0 Å². The van der Waals surface area contributed by atoms with Gasteiger partial charge in [-0.2, -0.15) is 0 Å². The Kier molecular flexibility index (Phi) is 11.1. The van der Waals surface area contributed by atoms with Gasteiger partial charge >= 0.3 is 0 Å². The van der Waals surface area contributed by atoms with Gasteiger partial charge in [-0.1, -0.05) is 162 Å². The Morgan fingerprint density at radius 3 is 1.46 bits per heavy atom. The van der Waals surface area contributed by atoms with Crippen LogP contribution in [0.4, 0.5) is 34.1 Å². The van der Waals surface area contributed by atoms with Crippen LogP contribution >= 0.6 is 0 Å². The Hall–Kier alpha value is -6.20. The van der Waals surface area contributed by atoms with Crippen LogP contribution in [0.5, 0.6) is 11.5 Å². The lowest BCUT2D eigenvalue weighted by molar-refractivity contribution is 0.297. The topological polar surface area (TPSA) is 24.9 Å². The second-order valence-electron chi connectivity index (χ2n) is 24.4. The lowest BCUT2D eigenvalue weighted by Crippen LogP contribution is -2.61. The molecular formula is C64H71BN2O2. The zero-order chi connectivity index (χ0) is 49.1. The number of hydrogen-bond acceptors (Lipinski definition) is 4. The summed E-state index contributed by atoms with van der Waals surface area (Å²) in [7, 11) is 0. The molecule has 0 aliphatic carbocycles. The van der Waals surface area contributed by atoms with E-state index < -0.39 is 0 Å². The van der Waals surface area contributed by atoms with Crippen molar-refractivity contribution in [3.05, 3.63) is 160 Å². The maximum Gasteiger partial charge on any atom is 0.252 e. The quantitative estimate of drug-likeness (QED) is 0.164. The van der Waals surface area contributed by atoms with Crippen LogP contribution in [-0.4, -0.2) is 19.9 Å². The Labute approximate surface area is 413 Å². The normalized spacial score (nSPS) is 14.6. The molecule has 3 heterocycles. The van der Waals surface area contributed by atoms with Crippen molar-refractivity contribution in [3.8, 4) is 33.8 Å². The fraction of sp³-hybridized carbons (Fsp3) is 0.344. The standard InChI is InChI=1S/C64H71BN2O2/c1-39-31-54-57-55(32-39)67(58-40(2)33-49(34-41(58)3)64(13,14)15)59-51(26-28-56-60(59)69-30-16-29-68-56)65(57)52-38-48(63(10,11)12)25-27-53(52)66(54)50-36-44(42-17-21-46(22-18-42)61(4,5)6)35-45(37-50)43-19-23-47(24-20-43)62(7,8)9/h17-28,31-38H,16,29-30H2,1-15H3. The van der Waals surface area contributed by atoms with Crippen molar-refractivity contribution in [2.45, 2.75) is 132 Å². The van der Waals surface area contributed by atoms with Gasteiger partial charge < -0.3 is 19.3 Å². The van der Waals surface area contributed by atoms with E-state index in [1.165, 1.54) is 100 Å². The smallest absolute Gasteiger partial charge is 0.252 e. The van der Waals surface area contributed by atoms with Crippen LogP contribution in [0.1, 0.15) is 128 Å². The van der Waals surface area contributed by atoms with Crippen LogP contribution in [0, 0.1) is 20.8 Å². The SMILES string of the molecule is Cc1cc2c3c(c1)N(c1c(C)cc(C(C)(C)C)cc1C)c1c(ccc4c1OCCCO4)B3c1cc(C(C)(C)C)ccc1N2c1cc(-c2ccc(C(C)(C)C)cc2)cc(-c2ccc(C(C)(C)C)cc2)c1. The molecule has 0 amide bonds. The molecule has 0 bridgehead atoms. The molecular weight excluding hydrogens is 840 g/mol. The van der Waals surface area contributed by atoms with E-state index in [0.29, 0.717) is 13.2 Å². The number of benzene rings is 7. The lowest BCUT2D eigenvalue weighted by atomic mass is 9.33. The largest absolute Gasteiger partial charge is 0.489 e. The molecule has 0 N–H and O–H groups in total. The number of nitrogens with zero attached hydrogens (tertiary/aromatic N) is 2. The summed E-state index contributed by atoms with van der Waals surface area (Å²) in [5, 5.41) is 0. The summed E-state index contributed by atoms with van der Waals surface area (Å²) in [4.78, 5) is 5.13. The van der Waals surface area contributed by atoms with Gasteiger partial charge in [-0.15, -0.1) is 0 Å². The number of hydrogen-bond donors (Lipinski definition) is 0. The number of anilines is 6. The molecule has 352 valence electrons. The van der Waals surface area contributed by atoms with Crippen molar-refractivity contribution in [3.63, 3.8) is 0 Å². The number of aryl methyl sites for hydroxylation is 3. The van der Waals surface area contributed by atoms with Crippen LogP contribution in [0.15, 0.2) is 121 Å². The highest BCUT2D eigenvalue weighted by Crippen LogP contribution is 2.52. The Morgan fingerprint density at radius 2 is 0.928 bits per heavy atom. The molecule has 0 spiro atoms. The summed E-state index contributed by atoms with van der Waals surface area (Å²) in [6.07, 6.45) is 0.834. The highest BCUT2D eigenvalue weighted by atomic mass is 16.5. The van der Waals surface area contributed by atoms with E-state index in [1.807, 2.05) is 0 Å². The first kappa shape index (κ1) is 46.5. The lowest BCUT2D eigenvalue weighted by Gasteiger charge is -2.46. The average Bonchev–Trinajstić information content (AvgIpc) is 3.54. The summed E-state index contributed by atoms with van der Waals surface area (Å²) in [6.45, 7) is 35.7. The summed E-state index contributed by atoms with van der Waals surface area (Å²) < 4.78 is 13.4. The molecule has 0 saturated carbocycles. The van der Waals surface area contributed by atoms with E-state index in [9.17, 15) is 0 Å². The molecule has 0 fully saturated rings. The van der Waals surface area contributed by atoms with Gasteiger partial charge in [0.05, 0.1) is 24.6 Å². The summed E-state index contributed by atoms with van der Waals surface area (Å²) >= 11 is 0. The number of rotatable bonds is 4. The minimum atomic E-state index is -0.0704. The van der Waals surface area contributed by atoms with Gasteiger partial charge in [-0.25, -0.2) is 0 Å². The monoisotopic (exact) mass is 911 g/mol. The van der Waals surface area contributed by atoms with Crippen LogP contribution in [0.2, 0.25) is 0 Å². The highest BCUT2D eigenvalue weighted by molar-refractivity contribution is 7.00. The van der Waals surface area contributed by atoms with E-state index in [0.717, 1.165) is 29.3 Å². The molecule has 0 unspecified atom stereocenters. The molecule has 3 aliphatic rings. The zero-order valence-corrected chi connectivity index (χ0v) is 44.0. The molecule has 7 aromatic carbocycles. The molecule has 0 atom stereocenters. The van der Waals surface area contributed by atoms with Gasteiger partial charge in [0.15, 0.2) is 11.5 Å². The van der Waals surface area contributed by atoms with E-state index in [1.54, 1.807) is 0 Å². The fourth-order valence-corrected chi connectivity index (χ4v) is 11.0. The van der Waals surface area contributed by atoms with Crippen molar-refractivity contribution < 1.29 is 9.47 Å². The van der Waals surface area contributed by atoms with Crippen LogP contribution in [0.25, 0.3) is 22.3 Å². The van der Waals surface area contributed by atoms with Crippen molar-refractivity contribution >= 4 is 57.2 Å². The molecule has 0 aromatic heterocycles. The second kappa shape index (κ2) is 16.5. The predicted molar refractivity (Wildman–Crippen MR) is 296 cm³/mol. The van der Waals surface area contributed by atoms with Crippen LogP contribution < -0.4 is 35.7 Å². The molecule has 7 aromatic rings. The summed E-state index contributed by atoms with van der Waals surface area (Å²) in [5.41, 5.74) is 24.6. The molecule has 69 heavy (non-hydrogen) atoms. The third kappa shape index (κ3) is 8.24. The summed E-state index contributed by atoms with van der Waals surface area (Å²) in [5.74, 6) is 1.64. The Morgan fingerprint density at radius 1 is 0.420 bits per heavy atom. The molecule has 4 nitrogen and oxygen atoms in total. The third-order valence-corrected chi connectivity index (χ3v) is 14.9. The number of fused-ring (bicyclic) bond motifs is 6. The molecule has 3 aliphatic heterocycles. The molecule has 0 saturated heterocycles. The van der Waals surface area contributed by atoms with Gasteiger partial charge in [0.25, 0.3) is 6.71 Å². The molecule has 5 heteroatoms. The Balaban J connectivity index is 1.29. The van der Waals surface area contributed by atoms with Gasteiger partial charge in [-0.05, 0) is 162 Å². The number of ether oxygens (including phenoxy) is 2. The van der Waals surface area contributed by atoms with Gasteiger partial charge in [0.1, 0.15) is 0 Å². The third-order valence-electron chi connectivity index (χ3n) is 14.9. The van der Waals surface area contributed by atoms with Gasteiger partial charge in [0, 0.05) is 29.2 Å². The average molecular weight is 911 g/mol. The predicted octanol–water partition coefficient (Wildman–Crippen LogP) is 15.4. The van der Waals surface area contributed by atoms with Gasteiger partial charge in [0.2, 0.25) is 0 Å². The second-order valence-corrected chi connectivity index (χ2v) is 24.4. The van der Waals surface area contributed by atoms with E-state index in [4.69, 9.17) is 9.47 Å². The van der Waals surface area contributed by atoms with Crippen LogP contribution in [-0.2, 0) is 21.7 Å². The first-order valence-electron chi connectivity index (χ1n) is 25.3. The van der Waals surface area contributed by atoms with Crippen molar-refractivity contribution in [1.82, 2.24) is 0 Å². The van der Waals surface area contributed by atoms with Crippen molar-refractivity contribution in [2.75, 3.05) is 23.0 Å². The minimum Gasteiger partial charge on any atom is -0.489 e. The van der Waals surface area contributed by atoms with Crippen molar-refractivity contribution in [2.24, 2.45) is 0 Å². The van der Waals surface area contributed by atoms with E-state index in [2.05, 4.69) is 235 Å². The van der Waals surface area contributed by atoms with E-state index >= 15 is 0 Å². The maximum absolute atomic E-state index is 6.88. The first-order valence-corrected chi connectivity index (χ1v) is 25.3. The summed E-state index contributed by atoms with van der Waals surface area (Å²) in [6, 6.07) is 47.2. The minimum absolute atomic E-state index is 0.00110. The Bertz CT molecular complexity index is 3050. The maximum atomic E-state index is 6.88. The zero-order valence-electron chi connectivity index (χ0n) is 44.0. The highest BCUT2D eigenvalue weighted by Gasteiger charge is 2.46. The molecule has 10 rings (SSSR count). The molecule has 0 radical (unpaired) electrons. The fourth-order valence-electron chi connectivity index (χ4n) is 11.0. The van der Waals surface area contributed by atoms with Gasteiger partial charge in [-0.3, -0.25) is 0 Å².